The first-order chi connectivity index (χ1) is 10.0. The van der Waals surface area contributed by atoms with Crippen LogP contribution in [0.15, 0.2) is 35.1 Å². The van der Waals surface area contributed by atoms with Gasteiger partial charge < -0.3 is 5.73 Å². The molecule has 2 rings (SSSR count). The minimum absolute atomic E-state index is 0.253. The van der Waals surface area contributed by atoms with Gasteiger partial charge in [-0.3, -0.25) is 4.79 Å². The van der Waals surface area contributed by atoms with Gasteiger partial charge in [-0.15, -0.1) is 0 Å². The van der Waals surface area contributed by atoms with E-state index in [4.69, 9.17) is 5.73 Å². The summed E-state index contributed by atoms with van der Waals surface area (Å²) >= 11 is 0. The molecule has 0 spiro atoms. The fourth-order valence-electron chi connectivity index (χ4n) is 3.20. The van der Waals surface area contributed by atoms with Crippen molar-refractivity contribution < 1.29 is 4.79 Å². The number of carbonyl (C=O) groups excluding carboxylic acids is 1. The molecule has 0 aromatic heterocycles. The first kappa shape index (κ1) is 16.1. The molecule has 2 aliphatic carbocycles. The molecule has 2 N–H and O–H groups in total. The zero-order chi connectivity index (χ0) is 15.5. The molecule has 0 amide bonds. The van der Waals surface area contributed by atoms with E-state index < -0.39 is 0 Å². The Kier molecular flexibility index (Phi) is 5.08. The summed E-state index contributed by atoms with van der Waals surface area (Å²) in [4.78, 5) is 12.8. The Morgan fingerprint density at radius 3 is 2.33 bits per heavy atom. The average molecular weight is 287 g/mol. The quantitative estimate of drug-likeness (QED) is 0.546. The molecule has 0 unspecified atom stereocenters. The van der Waals surface area contributed by atoms with E-state index in [1.54, 1.807) is 0 Å². The Labute approximate surface area is 129 Å². The van der Waals surface area contributed by atoms with Crippen molar-refractivity contribution in [2.24, 2.45) is 17.1 Å². The van der Waals surface area contributed by atoms with Gasteiger partial charge in [0.2, 0.25) is 0 Å². The van der Waals surface area contributed by atoms with Gasteiger partial charge in [0.15, 0.2) is 5.78 Å². The number of carbonyl (C=O) groups is 1. The lowest BCUT2D eigenvalue weighted by Crippen LogP contribution is -2.24. The van der Waals surface area contributed by atoms with Crippen LogP contribution in [0.5, 0.6) is 0 Å². The Morgan fingerprint density at radius 1 is 1.24 bits per heavy atom. The molecule has 0 aromatic carbocycles. The minimum Gasteiger partial charge on any atom is -0.399 e. The molecule has 2 aliphatic rings. The van der Waals surface area contributed by atoms with E-state index in [2.05, 4.69) is 20.8 Å². The van der Waals surface area contributed by atoms with Crippen LogP contribution in [-0.2, 0) is 4.79 Å². The molecule has 0 saturated heterocycles. The molecule has 0 bridgehead atoms. The lowest BCUT2D eigenvalue weighted by atomic mass is 9.77. The Morgan fingerprint density at radius 2 is 1.90 bits per heavy atom. The fraction of sp³-hybridized carbons (Fsp3) is 0.632. The topological polar surface area (TPSA) is 43.1 Å². The molecule has 0 atom stereocenters. The maximum atomic E-state index is 12.8. The second-order valence-corrected chi connectivity index (χ2v) is 6.61. The first-order valence-corrected chi connectivity index (χ1v) is 8.43. The molecule has 0 radical (unpaired) electrons. The Hall–Kier alpha value is -1.31. The lowest BCUT2D eigenvalue weighted by molar-refractivity contribution is -0.121. The molecule has 21 heavy (non-hydrogen) atoms. The summed E-state index contributed by atoms with van der Waals surface area (Å²) in [5.74, 6) is 0.600. The lowest BCUT2D eigenvalue weighted by Gasteiger charge is -2.26. The molecule has 0 heterocycles. The number of allylic oxidation sites excluding steroid dienone is 5. The summed E-state index contributed by atoms with van der Waals surface area (Å²) in [6, 6.07) is 0. The van der Waals surface area contributed by atoms with Crippen LogP contribution in [0.4, 0.5) is 0 Å². The van der Waals surface area contributed by atoms with Gasteiger partial charge in [0.25, 0.3) is 0 Å². The highest BCUT2D eigenvalue weighted by atomic mass is 16.1. The summed E-state index contributed by atoms with van der Waals surface area (Å²) in [5.41, 5.74) is 9.23. The summed E-state index contributed by atoms with van der Waals surface area (Å²) in [7, 11) is 0. The van der Waals surface area contributed by atoms with Gasteiger partial charge in [-0.05, 0) is 63.0 Å². The smallest absolute Gasteiger partial charge is 0.165 e. The van der Waals surface area contributed by atoms with E-state index in [9.17, 15) is 4.79 Å². The number of nitrogens with two attached hydrogens (primary N) is 1. The van der Waals surface area contributed by atoms with Crippen LogP contribution in [0.3, 0.4) is 0 Å². The molecule has 116 valence electrons. The second-order valence-electron chi connectivity index (χ2n) is 6.61. The van der Waals surface area contributed by atoms with E-state index in [1.807, 2.05) is 18.2 Å². The van der Waals surface area contributed by atoms with Crippen LogP contribution in [-0.4, -0.2) is 5.78 Å². The van der Waals surface area contributed by atoms with Crippen molar-refractivity contribution in [2.45, 2.75) is 65.7 Å². The van der Waals surface area contributed by atoms with Gasteiger partial charge in [0.05, 0.1) is 0 Å². The van der Waals surface area contributed by atoms with Crippen molar-refractivity contribution in [3.63, 3.8) is 0 Å². The highest BCUT2D eigenvalue weighted by Crippen LogP contribution is 2.55. The zero-order valence-corrected chi connectivity index (χ0v) is 13.7. The van der Waals surface area contributed by atoms with E-state index in [0.717, 1.165) is 37.0 Å². The predicted molar refractivity (Wildman–Crippen MR) is 88.7 cm³/mol. The molecular weight excluding hydrogens is 258 g/mol. The van der Waals surface area contributed by atoms with Crippen LogP contribution in [0.2, 0.25) is 0 Å². The zero-order valence-electron chi connectivity index (χ0n) is 13.7. The first-order valence-electron chi connectivity index (χ1n) is 8.43. The molecule has 2 heteroatoms. The van der Waals surface area contributed by atoms with E-state index >= 15 is 0 Å². The van der Waals surface area contributed by atoms with Crippen LogP contribution in [0.25, 0.3) is 0 Å². The maximum Gasteiger partial charge on any atom is 0.165 e. The molecule has 0 aromatic rings. The summed E-state index contributed by atoms with van der Waals surface area (Å²) in [6.07, 6.45) is 13.7. The van der Waals surface area contributed by atoms with Crippen molar-refractivity contribution in [1.82, 2.24) is 0 Å². The third kappa shape index (κ3) is 3.48. The molecule has 2 nitrogen and oxygen atoms in total. The fourth-order valence-corrected chi connectivity index (χ4v) is 3.20. The third-order valence-electron chi connectivity index (χ3n) is 5.35. The van der Waals surface area contributed by atoms with Crippen molar-refractivity contribution in [2.75, 3.05) is 0 Å². The van der Waals surface area contributed by atoms with Crippen molar-refractivity contribution >= 4 is 5.78 Å². The van der Waals surface area contributed by atoms with Crippen LogP contribution < -0.4 is 5.73 Å². The minimum atomic E-state index is 0.253. The standard InChI is InChI=1S/C19H29NO/c1-4-7-16(20)10-11-17(18(21)15-8-6-9-15)14(3)19(5-2)12-13-19/h7,10-11,15H,4-6,8-9,12-13,20H2,1-3H3/b11-10-,16-7-,17-14-. The van der Waals surface area contributed by atoms with Gasteiger partial charge in [-0.25, -0.2) is 0 Å². The number of hydrogen-bond acceptors (Lipinski definition) is 2. The summed E-state index contributed by atoms with van der Waals surface area (Å²) < 4.78 is 0. The number of Topliss-reactive ketones (excluding diaryl/α,β-unsaturated/α-hetero) is 1. The van der Waals surface area contributed by atoms with E-state index in [1.165, 1.54) is 24.8 Å². The van der Waals surface area contributed by atoms with E-state index in [0.29, 0.717) is 11.2 Å². The molecule has 2 saturated carbocycles. The van der Waals surface area contributed by atoms with E-state index in [-0.39, 0.29) is 5.92 Å². The number of ketones is 1. The largest absolute Gasteiger partial charge is 0.399 e. The summed E-state index contributed by atoms with van der Waals surface area (Å²) in [5, 5.41) is 0. The van der Waals surface area contributed by atoms with Gasteiger partial charge in [-0.1, -0.05) is 31.9 Å². The highest BCUT2D eigenvalue weighted by molar-refractivity contribution is 6.01. The molecule has 0 aliphatic heterocycles. The number of rotatable bonds is 7. The predicted octanol–water partition coefficient (Wildman–Crippen LogP) is 4.67. The van der Waals surface area contributed by atoms with Gasteiger partial charge in [0, 0.05) is 17.2 Å². The van der Waals surface area contributed by atoms with Crippen LogP contribution in [0, 0.1) is 11.3 Å². The van der Waals surface area contributed by atoms with Crippen molar-refractivity contribution in [3.8, 4) is 0 Å². The van der Waals surface area contributed by atoms with Gasteiger partial charge in [-0.2, -0.15) is 0 Å². The third-order valence-corrected chi connectivity index (χ3v) is 5.35. The van der Waals surface area contributed by atoms with Crippen LogP contribution >= 0.6 is 0 Å². The Bertz CT molecular complexity index is 488. The van der Waals surface area contributed by atoms with Gasteiger partial charge in [0.1, 0.15) is 0 Å². The maximum absolute atomic E-state index is 12.8. The van der Waals surface area contributed by atoms with Crippen molar-refractivity contribution in [1.29, 1.82) is 0 Å². The van der Waals surface area contributed by atoms with Crippen molar-refractivity contribution in [3.05, 3.63) is 35.1 Å². The summed E-state index contributed by atoms with van der Waals surface area (Å²) in [6.45, 7) is 6.46. The SMILES string of the molecule is CC/C=C(N)/C=C\C(C(=O)C1CCC1)=C(/C)C1(CC)CC1. The number of hydrogen-bond donors (Lipinski definition) is 1. The highest BCUT2D eigenvalue weighted by Gasteiger charge is 2.44. The monoisotopic (exact) mass is 287 g/mol. The molecule has 2 fully saturated rings. The Balaban J connectivity index is 2.28. The average Bonchev–Trinajstić information content (AvgIpc) is 3.18. The van der Waals surface area contributed by atoms with Gasteiger partial charge >= 0.3 is 0 Å². The second kappa shape index (κ2) is 6.64. The normalized spacial score (nSPS) is 22.9. The van der Waals surface area contributed by atoms with Crippen LogP contribution in [0.1, 0.15) is 65.7 Å². The molecular formula is C19H29NO.